The molecule has 1 atom stereocenters. The van der Waals surface area contributed by atoms with Gasteiger partial charge in [-0.1, -0.05) is 54.6 Å². The molecule has 4 heterocycles. The van der Waals surface area contributed by atoms with Crippen LogP contribution in [0.2, 0.25) is 0 Å². The predicted molar refractivity (Wildman–Crippen MR) is 154 cm³/mol. The number of halogens is 3. The van der Waals surface area contributed by atoms with Crippen molar-refractivity contribution >= 4 is 28.7 Å². The van der Waals surface area contributed by atoms with E-state index in [0.717, 1.165) is 23.1 Å². The van der Waals surface area contributed by atoms with Crippen molar-refractivity contribution in [2.75, 3.05) is 18.8 Å². The Morgan fingerprint density at radius 3 is 2.20 bits per heavy atom. The Hall–Kier alpha value is -5.31. The number of anilines is 1. The molecule has 0 spiro atoms. The second kappa shape index (κ2) is 12.1. The van der Waals surface area contributed by atoms with E-state index in [0.29, 0.717) is 53.4 Å². The van der Waals surface area contributed by atoms with Crippen LogP contribution in [-0.4, -0.2) is 72.0 Å². The molecule has 44 heavy (non-hydrogen) atoms. The molecule has 1 aliphatic rings. The fraction of sp³-hybridized carbons (Fsp3) is 0.241. The van der Waals surface area contributed by atoms with E-state index in [-0.39, 0.29) is 17.8 Å². The quantitative estimate of drug-likeness (QED) is 0.261. The van der Waals surface area contributed by atoms with Gasteiger partial charge < -0.3 is 26.0 Å². The zero-order valence-electron chi connectivity index (χ0n) is 23.3. The van der Waals surface area contributed by atoms with Crippen LogP contribution >= 0.6 is 0 Å². The number of aliphatic carboxylic acids is 1. The van der Waals surface area contributed by atoms with Crippen molar-refractivity contribution in [3.8, 4) is 33.9 Å². The lowest BCUT2D eigenvalue weighted by molar-refractivity contribution is -0.192. The smallest absolute Gasteiger partial charge is 0.475 e. The van der Waals surface area contributed by atoms with Crippen LogP contribution in [0.5, 0.6) is 0 Å². The molecule has 5 aromatic rings. The molecule has 1 saturated heterocycles. The maximum absolute atomic E-state index is 13.6. The number of carbonyl (C=O) groups is 2. The van der Waals surface area contributed by atoms with Gasteiger partial charge in [-0.25, -0.2) is 14.4 Å². The highest BCUT2D eigenvalue weighted by molar-refractivity contribution is 6.08. The number of carboxylic acids is 1. The van der Waals surface area contributed by atoms with Gasteiger partial charge in [0.25, 0.3) is 5.91 Å². The van der Waals surface area contributed by atoms with E-state index in [9.17, 15) is 18.0 Å². The number of aryl methyl sites for hydroxylation is 1. The summed E-state index contributed by atoms with van der Waals surface area (Å²) in [4.78, 5) is 33.9. The Bertz CT molecular complexity index is 1800. The molecule has 6 rings (SSSR count). The fourth-order valence-corrected chi connectivity index (χ4v) is 4.94. The number of carbonyl (C=O) groups excluding carboxylic acids is 1. The Balaban J connectivity index is 0.000000493. The SMILES string of the molecule is CCn1c(-c2nonc2N)nc2c(-c3ccc(-c4ccccc4)cc3)ncc(C(=O)N3CCC(N)C3)c21.O=C(O)C(F)(F)F. The molecular weight excluding hydrogens is 581 g/mol. The number of aromatic nitrogens is 5. The first-order chi connectivity index (χ1) is 21.0. The number of nitrogens with two attached hydrogens (primary N) is 2. The lowest BCUT2D eigenvalue weighted by atomic mass is 10.0. The normalized spacial score (nSPS) is 14.8. The molecule has 0 radical (unpaired) electrons. The molecule has 15 heteroatoms. The highest BCUT2D eigenvalue weighted by atomic mass is 19.4. The Labute approximate surface area is 248 Å². The third-order valence-corrected chi connectivity index (χ3v) is 7.06. The summed E-state index contributed by atoms with van der Waals surface area (Å²) in [6.45, 7) is 3.62. The van der Waals surface area contributed by atoms with Gasteiger partial charge >= 0.3 is 12.1 Å². The number of amides is 1. The lowest BCUT2D eigenvalue weighted by Crippen LogP contribution is -2.32. The zero-order chi connectivity index (χ0) is 31.6. The lowest BCUT2D eigenvalue weighted by Gasteiger charge is -2.17. The van der Waals surface area contributed by atoms with Crippen LogP contribution in [0.15, 0.2) is 65.4 Å². The molecular formula is C29H27F3N8O4. The van der Waals surface area contributed by atoms with Gasteiger partial charge in [-0.2, -0.15) is 13.2 Å². The first kappa shape index (κ1) is 30.2. The second-order valence-corrected chi connectivity index (χ2v) is 9.94. The van der Waals surface area contributed by atoms with Gasteiger partial charge in [0.1, 0.15) is 5.52 Å². The van der Waals surface area contributed by atoms with Crippen molar-refractivity contribution in [3.63, 3.8) is 0 Å². The van der Waals surface area contributed by atoms with E-state index in [4.69, 9.17) is 36.0 Å². The molecule has 1 amide bonds. The molecule has 228 valence electrons. The van der Waals surface area contributed by atoms with Crippen LogP contribution in [0.4, 0.5) is 19.0 Å². The molecule has 0 bridgehead atoms. The van der Waals surface area contributed by atoms with E-state index in [2.05, 4.69) is 34.6 Å². The molecule has 5 N–H and O–H groups in total. The van der Waals surface area contributed by atoms with Crippen molar-refractivity contribution in [1.29, 1.82) is 0 Å². The number of nitrogen functional groups attached to an aromatic ring is 1. The summed E-state index contributed by atoms with van der Waals surface area (Å²) < 4.78 is 38.5. The Morgan fingerprint density at radius 2 is 1.66 bits per heavy atom. The summed E-state index contributed by atoms with van der Waals surface area (Å²) in [6.07, 6.45) is -2.68. The van der Waals surface area contributed by atoms with E-state index in [1.807, 2.05) is 41.8 Å². The number of nitrogens with zero attached hydrogens (tertiary/aromatic N) is 6. The average molecular weight is 609 g/mol. The maximum Gasteiger partial charge on any atom is 0.490 e. The third kappa shape index (κ3) is 5.94. The van der Waals surface area contributed by atoms with Gasteiger partial charge in [-0.05, 0) is 34.8 Å². The van der Waals surface area contributed by atoms with Gasteiger partial charge in [0.15, 0.2) is 17.3 Å². The number of hydrogen-bond acceptors (Lipinski definition) is 9. The highest BCUT2D eigenvalue weighted by Crippen LogP contribution is 2.35. The largest absolute Gasteiger partial charge is 0.490 e. The van der Waals surface area contributed by atoms with Gasteiger partial charge in [0.2, 0.25) is 0 Å². The molecule has 12 nitrogen and oxygen atoms in total. The second-order valence-electron chi connectivity index (χ2n) is 9.94. The molecule has 0 aliphatic carbocycles. The van der Waals surface area contributed by atoms with Crippen LogP contribution in [0.1, 0.15) is 23.7 Å². The van der Waals surface area contributed by atoms with Crippen molar-refractivity contribution in [3.05, 3.63) is 66.4 Å². The topological polar surface area (TPSA) is 179 Å². The number of likely N-dealkylation sites (tertiary alicyclic amines) is 1. The van der Waals surface area contributed by atoms with Crippen LogP contribution < -0.4 is 11.5 Å². The first-order valence-corrected chi connectivity index (χ1v) is 13.5. The van der Waals surface area contributed by atoms with Crippen LogP contribution in [0.25, 0.3) is 44.9 Å². The summed E-state index contributed by atoms with van der Waals surface area (Å²) in [6, 6.07) is 18.3. The molecule has 1 fully saturated rings. The standard InChI is InChI=1S/C27H26N8O2.C2HF3O2/c1-2-35-24-20(27(36)34-13-12-19(28)15-34)14-30-21(22(24)31-26(35)23-25(29)33-37-32-23)18-10-8-17(9-11-18)16-6-4-3-5-7-16;3-2(4,5)1(6)7/h3-11,14,19H,2,12-13,15,28H2,1H3,(H2,29,33);(H,6,7). The minimum atomic E-state index is -5.08. The van der Waals surface area contributed by atoms with Crippen molar-refractivity contribution < 1.29 is 32.5 Å². The van der Waals surface area contributed by atoms with E-state index in [1.54, 1.807) is 11.1 Å². The van der Waals surface area contributed by atoms with Crippen molar-refractivity contribution in [1.82, 2.24) is 29.7 Å². The first-order valence-electron chi connectivity index (χ1n) is 13.5. The average Bonchev–Trinajstić information content (AvgIpc) is 3.74. The fourth-order valence-electron chi connectivity index (χ4n) is 4.94. The number of hydrogen-bond donors (Lipinski definition) is 3. The van der Waals surface area contributed by atoms with Crippen LogP contribution in [-0.2, 0) is 11.3 Å². The summed E-state index contributed by atoms with van der Waals surface area (Å²) in [7, 11) is 0. The Morgan fingerprint density at radius 1 is 1.02 bits per heavy atom. The number of carboxylic acid groups (broad SMARTS) is 1. The van der Waals surface area contributed by atoms with Gasteiger partial charge in [-0.3, -0.25) is 9.78 Å². The van der Waals surface area contributed by atoms with Crippen molar-refractivity contribution in [2.45, 2.75) is 32.1 Å². The summed E-state index contributed by atoms with van der Waals surface area (Å²) in [5, 5.41) is 14.8. The Kier molecular flexibility index (Phi) is 8.31. The molecule has 3 aromatic heterocycles. The molecule has 0 saturated carbocycles. The van der Waals surface area contributed by atoms with Gasteiger partial charge in [0, 0.05) is 37.4 Å². The molecule has 2 aromatic carbocycles. The maximum atomic E-state index is 13.6. The molecule has 1 unspecified atom stereocenters. The van der Waals surface area contributed by atoms with Crippen LogP contribution in [0, 0.1) is 0 Å². The summed E-state index contributed by atoms with van der Waals surface area (Å²) >= 11 is 0. The minimum absolute atomic E-state index is 0.0255. The highest BCUT2D eigenvalue weighted by Gasteiger charge is 2.38. The molecule has 1 aliphatic heterocycles. The number of fused-ring (bicyclic) bond motifs is 1. The third-order valence-electron chi connectivity index (χ3n) is 7.06. The number of alkyl halides is 3. The van der Waals surface area contributed by atoms with Gasteiger partial charge in [0.05, 0.1) is 16.8 Å². The number of pyridine rings is 1. The van der Waals surface area contributed by atoms with Crippen LogP contribution in [0.3, 0.4) is 0 Å². The number of benzene rings is 2. The zero-order valence-corrected chi connectivity index (χ0v) is 23.3. The monoisotopic (exact) mass is 608 g/mol. The summed E-state index contributed by atoms with van der Waals surface area (Å²) in [5.74, 6) is -2.28. The van der Waals surface area contributed by atoms with Gasteiger partial charge in [-0.15, -0.1) is 0 Å². The van der Waals surface area contributed by atoms with E-state index < -0.39 is 12.1 Å². The van der Waals surface area contributed by atoms with E-state index >= 15 is 0 Å². The minimum Gasteiger partial charge on any atom is -0.475 e. The summed E-state index contributed by atoms with van der Waals surface area (Å²) in [5.41, 5.74) is 17.9. The van der Waals surface area contributed by atoms with E-state index in [1.165, 1.54) is 0 Å². The number of rotatable bonds is 5. The van der Waals surface area contributed by atoms with Crippen molar-refractivity contribution in [2.24, 2.45) is 5.73 Å². The predicted octanol–water partition coefficient (Wildman–Crippen LogP) is 4.22. The number of imidazole rings is 1.